The number of piperidine rings is 1. The van der Waals surface area contributed by atoms with E-state index in [1.807, 2.05) is 23.1 Å². The van der Waals surface area contributed by atoms with Crippen LogP contribution < -0.4 is 5.32 Å². The van der Waals surface area contributed by atoms with Gasteiger partial charge in [0.25, 0.3) is 0 Å². The molecular weight excluding hydrogens is 368 g/mol. The normalized spacial score (nSPS) is 19.4. The molecule has 0 aromatic heterocycles. The zero-order valence-electron chi connectivity index (χ0n) is 16.3. The van der Waals surface area contributed by atoms with Crippen LogP contribution in [0.3, 0.4) is 0 Å². The molecule has 4 rings (SSSR count). The Labute approximate surface area is 170 Å². The van der Waals surface area contributed by atoms with E-state index >= 15 is 0 Å². The van der Waals surface area contributed by atoms with Crippen LogP contribution in [0.25, 0.3) is 0 Å². The Morgan fingerprint density at radius 3 is 2.69 bits per heavy atom. The summed E-state index contributed by atoms with van der Waals surface area (Å²) in [5.74, 6) is -0.619. The molecule has 0 spiro atoms. The third kappa shape index (κ3) is 4.59. The molecule has 1 fully saturated rings. The van der Waals surface area contributed by atoms with Crippen molar-refractivity contribution in [3.8, 4) is 0 Å². The van der Waals surface area contributed by atoms with E-state index in [0.29, 0.717) is 32.7 Å². The van der Waals surface area contributed by atoms with Gasteiger partial charge in [0, 0.05) is 37.2 Å². The van der Waals surface area contributed by atoms with Crippen molar-refractivity contribution in [2.75, 3.05) is 25.0 Å². The van der Waals surface area contributed by atoms with Gasteiger partial charge in [-0.05, 0) is 42.2 Å². The highest BCUT2D eigenvalue weighted by molar-refractivity contribution is 5.88. The summed E-state index contributed by atoms with van der Waals surface area (Å²) in [6.45, 7) is 2.65. The number of benzene rings is 2. The van der Waals surface area contributed by atoms with Crippen LogP contribution in [-0.2, 0) is 16.1 Å². The lowest BCUT2D eigenvalue weighted by atomic mass is 9.90. The fourth-order valence-electron chi connectivity index (χ4n) is 4.22. The zero-order valence-corrected chi connectivity index (χ0v) is 16.3. The molecule has 0 aliphatic carbocycles. The fraction of sp³-hybridized carbons (Fsp3) is 0.391. The van der Waals surface area contributed by atoms with Crippen molar-refractivity contribution >= 4 is 17.6 Å². The summed E-state index contributed by atoms with van der Waals surface area (Å²) >= 11 is 0. The van der Waals surface area contributed by atoms with Crippen molar-refractivity contribution in [3.05, 3.63) is 65.2 Å². The standard InChI is InChI=1S/C23H26N2O4/c26-22(13-18-15-29-14-17-4-1-2-7-21(17)18)25-10-8-19(9-11-25)24-20-6-3-5-16(12-20)23(27)28/h1-7,12,18-19,24H,8-11,13-15H2,(H,27,28). The molecule has 0 bridgehead atoms. The molecule has 2 heterocycles. The first kappa shape index (κ1) is 19.5. The summed E-state index contributed by atoms with van der Waals surface area (Å²) < 4.78 is 5.68. The van der Waals surface area contributed by atoms with Crippen molar-refractivity contribution < 1.29 is 19.4 Å². The highest BCUT2D eigenvalue weighted by Crippen LogP contribution is 2.30. The molecule has 2 aromatic rings. The molecule has 29 heavy (non-hydrogen) atoms. The van der Waals surface area contributed by atoms with E-state index < -0.39 is 5.97 Å². The van der Waals surface area contributed by atoms with Crippen LogP contribution in [0.15, 0.2) is 48.5 Å². The van der Waals surface area contributed by atoms with Crippen LogP contribution in [0.4, 0.5) is 5.69 Å². The number of hydrogen-bond donors (Lipinski definition) is 2. The Balaban J connectivity index is 1.30. The lowest BCUT2D eigenvalue weighted by molar-refractivity contribution is -0.133. The SMILES string of the molecule is O=C(O)c1cccc(NC2CCN(C(=O)CC3COCc4ccccc43)CC2)c1. The van der Waals surface area contributed by atoms with Crippen LogP contribution in [0.1, 0.15) is 46.7 Å². The van der Waals surface area contributed by atoms with Gasteiger partial charge in [-0.2, -0.15) is 0 Å². The number of amides is 1. The highest BCUT2D eigenvalue weighted by atomic mass is 16.5. The monoisotopic (exact) mass is 394 g/mol. The van der Waals surface area contributed by atoms with Gasteiger partial charge in [0.1, 0.15) is 0 Å². The molecule has 6 heteroatoms. The Bertz CT molecular complexity index is 890. The topological polar surface area (TPSA) is 78.9 Å². The number of hydrogen-bond acceptors (Lipinski definition) is 4. The van der Waals surface area contributed by atoms with Gasteiger partial charge in [-0.15, -0.1) is 0 Å². The van der Waals surface area contributed by atoms with Crippen molar-refractivity contribution in [2.24, 2.45) is 0 Å². The van der Waals surface area contributed by atoms with E-state index in [-0.39, 0.29) is 23.4 Å². The molecule has 6 nitrogen and oxygen atoms in total. The molecule has 0 radical (unpaired) electrons. The smallest absolute Gasteiger partial charge is 0.335 e. The fourth-order valence-corrected chi connectivity index (χ4v) is 4.22. The first-order valence-corrected chi connectivity index (χ1v) is 10.1. The second-order valence-electron chi connectivity index (χ2n) is 7.80. The Hall–Kier alpha value is -2.86. The van der Waals surface area contributed by atoms with E-state index in [0.717, 1.165) is 18.5 Å². The number of nitrogens with zero attached hydrogens (tertiary/aromatic N) is 1. The van der Waals surface area contributed by atoms with Crippen molar-refractivity contribution in [3.63, 3.8) is 0 Å². The second-order valence-corrected chi connectivity index (χ2v) is 7.80. The first-order chi connectivity index (χ1) is 14.1. The van der Waals surface area contributed by atoms with Gasteiger partial charge in [-0.25, -0.2) is 4.79 Å². The molecule has 1 unspecified atom stereocenters. The number of carbonyl (C=O) groups is 2. The van der Waals surface area contributed by atoms with Crippen molar-refractivity contribution in [1.82, 2.24) is 4.90 Å². The van der Waals surface area contributed by atoms with Crippen LogP contribution in [0.5, 0.6) is 0 Å². The molecule has 1 atom stereocenters. The molecule has 1 saturated heterocycles. The number of likely N-dealkylation sites (tertiary alicyclic amines) is 1. The molecular formula is C23H26N2O4. The molecule has 152 valence electrons. The number of anilines is 1. The van der Waals surface area contributed by atoms with Gasteiger partial charge in [0.2, 0.25) is 5.91 Å². The van der Waals surface area contributed by atoms with Gasteiger partial charge in [0.15, 0.2) is 0 Å². The molecule has 2 aliphatic rings. The Kier molecular flexibility index (Phi) is 5.81. The quantitative estimate of drug-likeness (QED) is 0.812. The second kappa shape index (κ2) is 8.66. The summed E-state index contributed by atoms with van der Waals surface area (Å²) in [4.78, 5) is 25.9. The number of aromatic carboxylic acids is 1. The zero-order chi connectivity index (χ0) is 20.2. The summed E-state index contributed by atoms with van der Waals surface area (Å²) in [6, 6.07) is 15.3. The third-order valence-corrected chi connectivity index (χ3v) is 5.82. The number of fused-ring (bicyclic) bond motifs is 1. The number of carbonyl (C=O) groups excluding carboxylic acids is 1. The first-order valence-electron chi connectivity index (χ1n) is 10.1. The average Bonchev–Trinajstić information content (AvgIpc) is 2.75. The summed E-state index contributed by atoms with van der Waals surface area (Å²) in [7, 11) is 0. The van der Waals surface area contributed by atoms with Gasteiger partial charge >= 0.3 is 5.97 Å². The van der Waals surface area contributed by atoms with E-state index in [4.69, 9.17) is 9.84 Å². The summed E-state index contributed by atoms with van der Waals surface area (Å²) in [6.07, 6.45) is 2.18. The van der Waals surface area contributed by atoms with Crippen LogP contribution in [0.2, 0.25) is 0 Å². The van der Waals surface area contributed by atoms with E-state index in [9.17, 15) is 9.59 Å². The number of nitrogens with one attached hydrogen (secondary N) is 1. The maximum absolute atomic E-state index is 12.8. The maximum Gasteiger partial charge on any atom is 0.335 e. The predicted octanol–water partition coefficient (Wildman–Crippen LogP) is 3.49. The minimum Gasteiger partial charge on any atom is -0.478 e. The highest BCUT2D eigenvalue weighted by Gasteiger charge is 2.28. The molecule has 2 aliphatic heterocycles. The van der Waals surface area contributed by atoms with E-state index in [1.165, 1.54) is 11.1 Å². The van der Waals surface area contributed by atoms with Gasteiger partial charge < -0.3 is 20.1 Å². The number of carboxylic acids is 1. The van der Waals surface area contributed by atoms with E-state index in [2.05, 4.69) is 17.4 Å². The van der Waals surface area contributed by atoms with Gasteiger partial charge in [0.05, 0.1) is 18.8 Å². The molecule has 1 amide bonds. The minimum atomic E-state index is -0.928. The predicted molar refractivity (Wildman–Crippen MR) is 110 cm³/mol. The minimum absolute atomic E-state index is 0.127. The molecule has 2 N–H and O–H groups in total. The van der Waals surface area contributed by atoms with Gasteiger partial charge in [-0.1, -0.05) is 30.3 Å². The van der Waals surface area contributed by atoms with Crippen molar-refractivity contribution in [2.45, 2.75) is 37.8 Å². The molecule has 0 saturated carbocycles. The van der Waals surface area contributed by atoms with Gasteiger partial charge in [-0.3, -0.25) is 4.79 Å². The van der Waals surface area contributed by atoms with Crippen LogP contribution in [-0.4, -0.2) is 47.6 Å². The van der Waals surface area contributed by atoms with Crippen LogP contribution in [0, 0.1) is 0 Å². The van der Waals surface area contributed by atoms with Crippen molar-refractivity contribution in [1.29, 1.82) is 0 Å². The lowest BCUT2D eigenvalue weighted by Crippen LogP contribution is -2.43. The Morgan fingerprint density at radius 1 is 1.10 bits per heavy atom. The van der Waals surface area contributed by atoms with E-state index in [1.54, 1.807) is 18.2 Å². The maximum atomic E-state index is 12.8. The Morgan fingerprint density at radius 2 is 1.90 bits per heavy atom. The third-order valence-electron chi connectivity index (χ3n) is 5.82. The summed E-state index contributed by atoms with van der Waals surface area (Å²) in [5.41, 5.74) is 3.51. The average molecular weight is 394 g/mol. The largest absolute Gasteiger partial charge is 0.478 e. The number of ether oxygens (including phenoxy) is 1. The number of carboxylic acid groups (broad SMARTS) is 1. The lowest BCUT2D eigenvalue weighted by Gasteiger charge is -2.34. The number of rotatable bonds is 5. The van der Waals surface area contributed by atoms with Crippen LogP contribution >= 0.6 is 0 Å². The summed E-state index contributed by atoms with van der Waals surface area (Å²) in [5, 5.41) is 12.5. The molecule has 2 aromatic carbocycles.